The molecule has 1 fully saturated rings. The Bertz CT molecular complexity index is 394. The number of hydrogen-bond acceptors (Lipinski definition) is 2. The van der Waals surface area contributed by atoms with Gasteiger partial charge in [-0.1, -0.05) is 44.5 Å². The second-order valence-corrected chi connectivity index (χ2v) is 6.87. The highest BCUT2D eigenvalue weighted by atomic mass is 16.3. The minimum Gasteiger partial charge on any atom is -0.387 e. The summed E-state index contributed by atoms with van der Waals surface area (Å²) in [5, 5.41) is 10.3. The van der Waals surface area contributed by atoms with Gasteiger partial charge in [0.15, 0.2) is 0 Å². The Morgan fingerprint density at radius 2 is 1.85 bits per heavy atom. The number of benzene rings is 1. The van der Waals surface area contributed by atoms with Crippen LogP contribution >= 0.6 is 0 Å². The van der Waals surface area contributed by atoms with Crippen molar-refractivity contribution < 1.29 is 5.11 Å². The van der Waals surface area contributed by atoms with Crippen LogP contribution in [-0.4, -0.2) is 30.1 Å². The molecule has 1 aromatic rings. The first-order valence-corrected chi connectivity index (χ1v) is 8.00. The molecule has 1 atom stereocenters. The van der Waals surface area contributed by atoms with E-state index in [9.17, 15) is 5.11 Å². The predicted octanol–water partition coefficient (Wildman–Crippen LogP) is 3.65. The summed E-state index contributed by atoms with van der Waals surface area (Å²) in [6.07, 6.45) is 4.86. The maximum absolute atomic E-state index is 10.3. The fourth-order valence-electron chi connectivity index (χ4n) is 2.94. The molecule has 2 nitrogen and oxygen atoms in total. The summed E-state index contributed by atoms with van der Waals surface area (Å²) >= 11 is 0. The van der Waals surface area contributed by atoms with Crippen LogP contribution in [0.1, 0.15) is 50.3 Å². The lowest BCUT2D eigenvalue weighted by Gasteiger charge is -2.31. The van der Waals surface area contributed by atoms with Crippen LogP contribution in [0.2, 0.25) is 0 Å². The average molecular weight is 275 g/mol. The van der Waals surface area contributed by atoms with Crippen LogP contribution in [0.15, 0.2) is 24.3 Å². The molecule has 1 aliphatic carbocycles. The van der Waals surface area contributed by atoms with Crippen molar-refractivity contribution >= 4 is 0 Å². The third-order valence-corrected chi connectivity index (χ3v) is 4.29. The van der Waals surface area contributed by atoms with Gasteiger partial charge in [0.1, 0.15) is 0 Å². The van der Waals surface area contributed by atoms with E-state index in [2.05, 4.69) is 50.1 Å². The molecule has 1 unspecified atom stereocenters. The number of likely N-dealkylation sites (N-methyl/N-ethyl adjacent to an activating group) is 1. The normalized spacial score (nSPS) is 17.5. The van der Waals surface area contributed by atoms with E-state index in [0.717, 1.165) is 31.0 Å². The molecule has 1 aromatic carbocycles. The molecule has 2 rings (SSSR count). The Morgan fingerprint density at radius 3 is 2.35 bits per heavy atom. The number of aliphatic hydroxyl groups excluding tert-OH is 1. The summed E-state index contributed by atoms with van der Waals surface area (Å²) in [6.45, 7) is 6.33. The van der Waals surface area contributed by atoms with Gasteiger partial charge in [-0.15, -0.1) is 0 Å². The van der Waals surface area contributed by atoms with Crippen molar-refractivity contribution in [3.8, 4) is 0 Å². The molecule has 1 saturated carbocycles. The van der Waals surface area contributed by atoms with Crippen LogP contribution in [0.3, 0.4) is 0 Å². The van der Waals surface area contributed by atoms with E-state index in [-0.39, 0.29) is 6.10 Å². The zero-order valence-corrected chi connectivity index (χ0v) is 13.2. The molecular formula is C18H29NO. The second kappa shape index (κ2) is 7.24. The van der Waals surface area contributed by atoms with Crippen molar-refractivity contribution in [1.29, 1.82) is 0 Å². The minimum absolute atomic E-state index is 0.367. The standard InChI is InChI=1S/C18H29NO/c1-14(2)11-15-7-9-17(10-8-15)18(20)13-19(3)12-16-5-4-6-16/h7-10,14,16,18,20H,4-6,11-13H2,1-3H3. The Labute approximate surface area is 123 Å². The first-order chi connectivity index (χ1) is 9.54. The van der Waals surface area contributed by atoms with Gasteiger partial charge in [0.25, 0.3) is 0 Å². The molecule has 112 valence electrons. The molecular weight excluding hydrogens is 246 g/mol. The number of rotatable bonds is 7. The van der Waals surface area contributed by atoms with Crippen molar-refractivity contribution in [2.24, 2.45) is 11.8 Å². The van der Waals surface area contributed by atoms with Gasteiger partial charge < -0.3 is 10.0 Å². The highest BCUT2D eigenvalue weighted by molar-refractivity contribution is 5.24. The molecule has 0 spiro atoms. The number of nitrogens with zero attached hydrogens (tertiary/aromatic N) is 1. The highest BCUT2D eigenvalue weighted by Gasteiger charge is 2.20. The van der Waals surface area contributed by atoms with Gasteiger partial charge in [-0.2, -0.15) is 0 Å². The lowest BCUT2D eigenvalue weighted by Crippen LogP contribution is -2.32. The molecule has 0 bridgehead atoms. The zero-order chi connectivity index (χ0) is 14.5. The predicted molar refractivity (Wildman–Crippen MR) is 84.8 cm³/mol. The van der Waals surface area contributed by atoms with Gasteiger partial charge in [-0.3, -0.25) is 0 Å². The van der Waals surface area contributed by atoms with Crippen molar-refractivity contribution in [2.45, 2.75) is 45.6 Å². The summed E-state index contributed by atoms with van der Waals surface area (Å²) < 4.78 is 0. The van der Waals surface area contributed by atoms with Gasteiger partial charge >= 0.3 is 0 Å². The third kappa shape index (κ3) is 4.60. The van der Waals surface area contributed by atoms with Gasteiger partial charge in [-0.25, -0.2) is 0 Å². The van der Waals surface area contributed by atoms with Crippen LogP contribution in [0.25, 0.3) is 0 Å². The summed E-state index contributed by atoms with van der Waals surface area (Å²) in [6, 6.07) is 8.48. The van der Waals surface area contributed by atoms with Crippen LogP contribution in [-0.2, 0) is 6.42 Å². The second-order valence-electron chi connectivity index (χ2n) is 6.87. The van der Waals surface area contributed by atoms with Crippen LogP contribution in [0, 0.1) is 11.8 Å². The van der Waals surface area contributed by atoms with E-state index in [1.165, 1.54) is 24.8 Å². The van der Waals surface area contributed by atoms with Crippen molar-refractivity contribution in [3.05, 3.63) is 35.4 Å². The molecule has 1 aliphatic rings. The molecule has 0 heterocycles. The van der Waals surface area contributed by atoms with Gasteiger partial charge in [0.2, 0.25) is 0 Å². The van der Waals surface area contributed by atoms with Gasteiger partial charge in [0, 0.05) is 13.1 Å². The first-order valence-electron chi connectivity index (χ1n) is 8.00. The summed E-state index contributed by atoms with van der Waals surface area (Å²) in [4.78, 5) is 2.27. The molecule has 0 saturated heterocycles. The smallest absolute Gasteiger partial charge is 0.0916 e. The molecule has 0 amide bonds. The molecule has 2 heteroatoms. The van der Waals surface area contributed by atoms with Crippen molar-refractivity contribution in [2.75, 3.05) is 20.1 Å². The zero-order valence-electron chi connectivity index (χ0n) is 13.2. The minimum atomic E-state index is -0.367. The molecule has 0 aliphatic heterocycles. The Kier molecular flexibility index (Phi) is 5.62. The quantitative estimate of drug-likeness (QED) is 0.821. The Morgan fingerprint density at radius 1 is 1.20 bits per heavy atom. The van der Waals surface area contributed by atoms with E-state index < -0.39 is 0 Å². The third-order valence-electron chi connectivity index (χ3n) is 4.29. The highest BCUT2D eigenvalue weighted by Crippen LogP contribution is 2.27. The lowest BCUT2D eigenvalue weighted by atomic mass is 9.85. The Hall–Kier alpha value is -0.860. The molecule has 0 radical (unpaired) electrons. The van der Waals surface area contributed by atoms with E-state index in [0.29, 0.717) is 5.92 Å². The SMILES string of the molecule is CC(C)Cc1ccc(C(O)CN(C)CC2CCC2)cc1. The number of aliphatic hydroxyl groups is 1. The lowest BCUT2D eigenvalue weighted by molar-refractivity contribution is 0.107. The van der Waals surface area contributed by atoms with E-state index in [1.807, 2.05) is 0 Å². The molecule has 0 aromatic heterocycles. The molecule has 20 heavy (non-hydrogen) atoms. The number of hydrogen-bond donors (Lipinski definition) is 1. The first kappa shape index (κ1) is 15.5. The van der Waals surface area contributed by atoms with Crippen LogP contribution in [0.4, 0.5) is 0 Å². The van der Waals surface area contributed by atoms with E-state index >= 15 is 0 Å². The maximum atomic E-state index is 10.3. The van der Waals surface area contributed by atoms with Crippen molar-refractivity contribution in [3.63, 3.8) is 0 Å². The van der Waals surface area contributed by atoms with Crippen LogP contribution < -0.4 is 0 Å². The summed E-state index contributed by atoms with van der Waals surface area (Å²) in [5.41, 5.74) is 2.40. The maximum Gasteiger partial charge on any atom is 0.0916 e. The van der Waals surface area contributed by atoms with E-state index in [1.54, 1.807) is 0 Å². The Balaban J connectivity index is 1.83. The molecule has 1 N–H and O–H groups in total. The fourth-order valence-corrected chi connectivity index (χ4v) is 2.94. The van der Waals surface area contributed by atoms with E-state index in [4.69, 9.17) is 0 Å². The largest absolute Gasteiger partial charge is 0.387 e. The topological polar surface area (TPSA) is 23.5 Å². The average Bonchev–Trinajstić information content (AvgIpc) is 2.34. The van der Waals surface area contributed by atoms with Crippen LogP contribution in [0.5, 0.6) is 0 Å². The summed E-state index contributed by atoms with van der Waals surface area (Å²) in [5.74, 6) is 1.54. The monoisotopic (exact) mass is 275 g/mol. The van der Waals surface area contributed by atoms with Crippen molar-refractivity contribution in [1.82, 2.24) is 4.90 Å². The summed E-state index contributed by atoms with van der Waals surface area (Å²) in [7, 11) is 2.12. The van der Waals surface area contributed by atoms with Gasteiger partial charge in [-0.05, 0) is 49.3 Å². The van der Waals surface area contributed by atoms with Gasteiger partial charge in [0.05, 0.1) is 6.10 Å². The fraction of sp³-hybridized carbons (Fsp3) is 0.667.